The SMILES string of the molecule is Cc1ncc2c3c(c(=O)n(C)c2c1Cl)CCC1CN(C)C(C)CN31. The summed E-state index contributed by atoms with van der Waals surface area (Å²) in [5.74, 6) is 0. The van der Waals surface area contributed by atoms with Crippen molar-refractivity contribution in [2.45, 2.75) is 38.8 Å². The Bertz CT molecular complexity index is 891. The fourth-order valence-corrected chi connectivity index (χ4v) is 4.48. The number of rotatable bonds is 0. The molecule has 6 heteroatoms. The Balaban J connectivity index is 2.03. The van der Waals surface area contributed by atoms with Gasteiger partial charge in [-0.15, -0.1) is 0 Å². The third-order valence-corrected chi connectivity index (χ3v) is 6.23. The van der Waals surface area contributed by atoms with Gasteiger partial charge in [0.05, 0.1) is 21.9 Å². The lowest BCUT2D eigenvalue weighted by atomic mass is 9.91. The summed E-state index contributed by atoms with van der Waals surface area (Å²) in [5.41, 5.74) is 3.63. The van der Waals surface area contributed by atoms with Crippen molar-refractivity contribution in [3.8, 4) is 0 Å². The lowest BCUT2D eigenvalue weighted by Gasteiger charge is -2.48. The zero-order valence-electron chi connectivity index (χ0n) is 14.6. The second-order valence-corrected chi connectivity index (χ2v) is 7.62. The fraction of sp³-hybridized carbons (Fsp3) is 0.556. The van der Waals surface area contributed by atoms with E-state index in [2.05, 4.69) is 28.8 Å². The molecule has 2 unspecified atom stereocenters. The monoisotopic (exact) mass is 346 g/mol. The molecule has 0 aliphatic carbocycles. The first-order valence-electron chi connectivity index (χ1n) is 8.53. The number of hydrogen-bond donors (Lipinski definition) is 0. The lowest BCUT2D eigenvalue weighted by molar-refractivity contribution is 0.192. The number of fused-ring (bicyclic) bond motifs is 5. The molecule has 0 N–H and O–H groups in total. The highest BCUT2D eigenvalue weighted by molar-refractivity contribution is 6.36. The van der Waals surface area contributed by atoms with Crippen molar-refractivity contribution in [3.05, 3.63) is 32.8 Å². The number of nitrogens with zero attached hydrogens (tertiary/aromatic N) is 4. The highest BCUT2D eigenvalue weighted by Gasteiger charge is 2.36. The fourth-order valence-electron chi connectivity index (χ4n) is 4.21. The van der Waals surface area contributed by atoms with Gasteiger partial charge in [-0.3, -0.25) is 14.7 Å². The Morgan fingerprint density at radius 2 is 2.04 bits per heavy atom. The van der Waals surface area contributed by atoms with Crippen LogP contribution in [0.4, 0.5) is 5.69 Å². The molecule has 128 valence electrons. The first kappa shape index (κ1) is 15.9. The van der Waals surface area contributed by atoms with Crippen LogP contribution >= 0.6 is 11.6 Å². The number of pyridine rings is 2. The van der Waals surface area contributed by atoms with Crippen LogP contribution in [0.15, 0.2) is 11.0 Å². The molecule has 2 aromatic rings. The number of hydrogen-bond acceptors (Lipinski definition) is 4. The van der Waals surface area contributed by atoms with Crippen molar-refractivity contribution in [2.75, 3.05) is 25.0 Å². The Hall–Kier alpha value is -1.59. The molecule has 4 rings (SSSR count). The van der Waals surface area contributed by atoms with E-state index in [1.165, 1.54) is 0 Å². The second kappa shape index (κ2) is 5.46. The summed E-state index contributed by atoms with van der Waals surface area (Å²) < 4.78 is 1.70. The number of likely N-dealkylation sites (N-methyl/N-ethyl adjacent to an activating group) is 1. The molecule has 0 spiro atoms. The van der Waals surface area contributed by atoms with Gasteiger partial charge >= 0.3 is 0 Å². The predicted molar refractivity (Wildman–Crippen MR) is 98.3 cm³/mol. The van der Waals surface area contributed by atoms with E-state index in [9.17, 15) is 4.79 Å². The van der Waals surface area contributed by atoms with E-state index in [0.717, 1.165) is 53.8 Å². The van der Waals surface area contributed by atoms with E-state index in [-0.39, 0.29) is 5.56 Å². The van der Waals surface area contributed by atoms with Gasteiger partial charge in [0, 0.05) is 49.4 Å². The molecule has 0 radical (unpaired) electrons. The van der Waals surface area contributed by atoms with E-state index in [1.54, 1.807) is 4.57 Å². The van der Waals surface area contributed by atoms with Crippen molar-refractivity contribution in [2.24, 2.45) is 7.05 Å². The highest BCUT2D eigenvalue weighted by atomic mass is 35.5. The minimum Gasteiger partial charge on any atom is -0.365 e. The Labute approximate surface area is 146 Å². The Morgan fingerprint density at radius 1 is 1.29 bits per heavy atom. The summed E-state index contributed by atoms with van der Waals surface area (Å²) in [5, 5.41) is 1.59. The first-order chi connectivity index (χ1) is 11.4. The number of piperazine rings is 1. The molecule has 2 aliphatic heterocycles. The van der Waals surface area contributed by atoms with Gasteiger partial charge in [0.25, 0.3) is 5.56 Å². The van der Waals surface area contributed by atoms with Crippen molar-refractivity contribution in [3.63, 3.8) is 0 Å². The maximum Gasteiger partial charge on any atom is 0.256 e. The standard InChI is InChI=1S/C18H23ClN4O/c1-10-8-23-12(9-21(10)3)5-6-13-16(23)14-7-20-11(2)15(19)17(14)22(4)18(13)24/h7,10,12H,5-6,8-9H2,1-4H3. The van der Waals surface area contributed by atoms with Crippen LogP contribution in [-0.4, -0.2) is 46.7 Å². The van der Waals surface area contributed by atoms with E-state index in [0.29, 0.717) is 17.1 Å². The molecular formula is C18H23ClN4O. The molecule has 2 atom stereocenters. The van der Waals surface area contributed by atoms with Gasteiger partial charge in [0.15, 0.2) is 0 Å². The molecule has 2 aromatic heterocycles. The van der Waals surface area contributed by atoms with E-state index in [4.69, 9.17) is 11.6 Å². The first-order valence-corrected chi connectivity index (χ1v) is 8.91. The van der Waals surface area contributed by atoms with E-state index >= 15 is 0 Å². The van der Waals surface area contributed by atoms with Gasteiger partial charge < -0.3 is 9.47 Å². The van der Waals surface area contributed by atoms with Crippen LogP contribution < -0.4 is 10.5 Å². The van der Waals surface area contributed by atoms with Crippen LogP contribution in [0, 0.1) is 6.92 Å². The minimum atomic E-state index is 0.0787. The van der Waals surface area contributed by atoms with Gasteiger partial charge in [-0.2, -0.15) is 0 Å². The van der Waals surface area contributed by atoms with Crippen LogP contribution in [0.3, 0.4) is 0 Å². The smallest absolute Gasteiger partial charge is 0.256 e. The number of anilines is 1. The van der Waals surface area contributed by atoms with Gasteiger partial charge in [-0.1, -0.05) is 11.6 Å². The molecule has 24 heavy (non-hydrogen) atoms. The Morgan fingerprint density at radius 3 is 2.79 bits per heavy atom. The summed E-state index contributed by atoms with van der Waals surface area (Å²) in [6.45, 7) is 6.09. The van der Waals surface area contributed by atoms with Crippen LogP contribution in [0.1, 0.15) is 24.6 Å². The topological polar surface area (TPSA) is 41.4 Å². The molecular weight excluding hydrogens is 324 g/mol. The highest BCUT2D eigenvalue weighted by Crippen LogP contribution is 2.39. The van der Waals surface area contributed by atoms with Crippen LogP contribution in [-0.2, 0) is 13.5 Å². The summed E-state index contributed by atoms with van der Waals surface area (Å²) in [4.78, 5) is 22.3. The van der Waals surface area contributed by atoms with Crippen molar-refractivity contribution < 1.29 is 0 Å². The maximum atomic E-state index is 13.0. The maximum absolute atomic E-state index is 13.0. The van der Waals surface area contributed by atoms with Crippen LogP contribution in [0.25, 0.3) is 10.9 Å². The van der Waals surface area contributed by atoms with Gasteiger partial charge in [0.2, 0.25) is 0 Å². The Kier molecular flexibility index (Phi) is 3.62. The number of halogens is 1. The lowest BCUT2D eigenvalue weighted by Crippen LogP contribution is -2.58. The van der Waals surface area contributed by atoms with E-state index in [1.807, 2.05) is 20.2 Å². The van der Waals surface area contributed by atoms with Crippen molar-refractivity contribution in [1.82, 2.24) is 14.5 Å². The van der Waals surface area contributed by atoms with Crippen molar-refractivity contribution >= 4 is 28.2 Å². The van der Waals surface area contributed by atoms with Crippen molar-refractivity contribution in [1.29, 1.82) is 0 Å². The normalized spacial score (nSPS) is 24.1. The second-order valence-electron chi connectivity index (χ2n) is 7.24. The summed E-state index contributed by atoms with van der Waals surface area (Å²) in [6.07, 6.45) is 3.74. The molecule has 2 aliphatic rings. The summed E-state index contributed by atoms with van der Waals surface area (Å²) in [6, 6.07) is 0.911. The third-order valence-electron chi connectivity index (χ3n) is 5.77. The van der Waals surface area contributed by atoms with Gasteiger partial charge in [0.1, 0.15) is 0 Å². The zero-order chi connectivity index (χ0) is 17.2. The minimum absolute atomic E-state index is 0.0787. The van der Waals surface area contributed by atoms with Crippen LogP contribution in [0.2, 0.25) is 5.02 Å². The van der Waals surface area contributed by atoms with E-state index < -0.39 is 0 Å². The molecule has 0 aromatic carbocycles. The predicted octanol–water partition coefficient (Wildman–Crippen LogP) is 2.35. The molecule has 0 bridgehead atoms. The number of aromatic nitrogens is 2. The van der Waals surface area contributed by atoms with Gasteiger partial charge in [-0.25, -0.2) is 0 Å². The average Bonchev–Trinajstić information content (AvgIpc) is 2.55. The van der Waals surface area contributed by atoms with Crippen LogP contribution in [0.5, 0.6) is 0 Å². The molecule has 1 fully saturated rings. The largest absolute Gasteiger partial charge is 0.365 e. The van der Waals surface area contributed by atoms with Gasteiger partial charge in [-0.05, 0) is 33.7 Å². The molecule has 4 heterocycles. The molecule has 0 saturated carbocycles. The molecule has 5 nitrogen and oxygen atoms in total. The third kappa shape index (κ3) is 2.11. The quantitative estimate of drug-likeness (QED) is 0.734. The average molecular weight is 347 g/mol. The molecule has 0 amide bonds. The zero-order valence-corrected chi connectivity index (χ0v) is 15.4. The molecule has 1 saturated heterocycles. The summed E-state index contributed by atoms with van der Waals surface area (Å²) in [7, 11) is 4.00. The summed E-state index contributed by atoms with van der Waals surface area (Å²) >= 11 is 6.52. The number of aryl methyl sites for hydroxylation is 2.